The van der Waals surface area contributed by atoms with Crippen LogP contribution in [0.5, 0.6) is 11.5 Å². The summed E-state index contributed by atoms with van der Waals surface area (Å²) >= 11 is 0. The van der Waals surface area contributed by atoms with E-state index in [1.165, 1.54) is 12.1 Å². The Hall–Kier alpha value is -2.17. The lowest BCUT2D eigenvalue weighted by atomic mass is 10.0. The van der Waals surface area contributed by atoms with Crippen LogP contribution in [-0.2, 0) is 6.18 Å². The molecular formula is C16H16F3NO. The zero-order valence-corrected chi connectivity index (χ0v) is 11.7. The van der Waals surface area contributed by atoms with Gasteiger partial charge in [-0.1, -0.05) is 32.0 Å². The number of benzene rings is 2. The fourth-order valence-corrected chi connectivity index (χ4v) is 2.02. The summed E-state index contributed by atoms with van der Waals surface area (Å²) in [6.45, 7) is 3.98. The minimum atomic E-state index is -4.50. The molecule has 0 amide bonds. The Morgan fingerprint density at radius 3 is 2.33 bits per heavy atom. The molecule has 0 aliphatic rings. The fourth-order valence-electron chi connectivity index (χ4n) is 2.02. The normalized spacial score (nSPS) is 11.7. The molecule has 0 aromatic heterocycles. The van der Waals surface area contributed by atoms with Crippen LogP contribution in [0.2, 0.25) is 0 Å². The lowest BCUT2D eigenvalue weighted by molar-refractivity contribution is -0.137. The summed E-state index contributed by atoms with van der Waals surface area (Å²) in [6.07, 6.45) is -4.50. The molecule has 0 atom stereocenters. The molecule has 5 heteroatoms. The van der Waals surface area contributed by atoms with Crippen molar-refractivity contribution in [3.8, 4) is 11.5 Å². The minimum Gasteiger partial charge on any atom is -0.457 e. The van der Waals surface area contributed by atoms with E-state index in [2.05, 4.69) is 0 Å². The Labute approximate surface area is 121 Å². The van der Waals surface area contributed by atoms with Crippen LogP contribution in [-0.4, -0.2) is 0 Å². The zero-order valence-electron chi connectivity index (χ0n) is 11.7. The maximum Gasteiger partial charge on any atom is 0.418 e. The van der Waals surface area contributed by atoms with E-state index >= 15 is 0 Å². The molecule has 21 heavy (non-hydrogen) atoms. The molecule has 0 radical (unpaired) electrons. The predicted molar refractivity (Wildman–Crippen MR) is 76.5 cm³/mol. The van der Waals surface area contributed by atoms with Crippen molar-refractivity contribution in [1.29, 1.82) is 0 Å². The maximum atomic E-state index is 12.8. The highest BCUT2D eigenvalue weighted by atomic mass is 19.4. The second kappa shape index (κ2) is 5.68. The van der Waals surface area contributed by atoms with Gasteiger partial charge in [-0.3, -0.25) is 0 Å². The van der Waals surface area contributed by atoms with E-state index in [0.29, 0.717) is 5.75 Å². The predicted octanol–water partition coefficient (Wildman–Crippen LogP) is 5.20. The molecule has 0 unspecified atom stereocenters. The Balaban J connectivity index is 2.37. The number of anilines is 1. The molecular weight excluding hydrogens is 279 g/mol. The van der Waals surface area contributed by atoms with E-state index in [-0.39, 0.29) is 17.4 Å². The van der Waals surface area contributed by atoms with Gasteiger partial charge in [0, 0.05) is 5.69 Å². The number of nitrogen functional groups attached to an aromatic ring is 1. The van der Waals surface area contributed by atoms with Crippen molar-refractivity contribution in [2.75, 3.05) is 5.73 Å². The van der Waals surface area contributed by atoms with Crippen LogP contribution in [0.3, 0.4) is 0 Å². The summed E-state index contributed by atoms with van der Waals surface area (Å²) < 4.78 is 44.1. The summed E-state index contributed by atoms with van der Waals surface area (Å²) in [6, 6.07) is 10.8. The first-order valence-corrected chi connectivity index (χ1v) is 6.52. The van der Waals surface area contributed by atoms with Gasteiger partial charge in [-0.15, -0.1) is 0 Å². The highest BCUT2D eigenvalue weighted by molar-refractivity contribution is 5.53. The monoisotopic (exact) mass is 295 g/mol. The van der Waals surface area contributed by atoms with Gasteiger partial charge in [-0.25, -0.2) is 0 Å². The van der Waals surface area contributed by atoms with Gasteiger partial charge in [-0.05, 0) is 35.7 Å². The van der Waals surface area contributed by atoms with Gasteiger partial charge in [-0.2, -0.15) is 13.2 Å². The first-order valence-electron chi connectivity index (χ1n) is 6.52. The Morgan fingerprint density at radius 2 is 1.71 bits per heavy atom. The van der Waals surface area contributed by atoms with Crippen molar-refractivity contribution in [2.24, 2.45) is 0 Å². The van der Waals surface area contributed by atoms with E-state index in [4.69, 9.17) is 10.5 Å². The number of nitrogens with two attached hydrogens (primary N) is 1. The van der Waals surface area contributed by atoms with Crippen molar-refractivity contribution in [3.63, 3.8) is 0 Å². The number of hydrogen-bond donors (Lipinski definition) is 1. The summed E-state index contributed by atoms with van der Waals surface area (Å²) in [7, 11) is 0. The second-order valence-electron chi connectivity index (χ2n) is 5.04. The number of rotatable bonds is 3. The molecule has 0 aliphatic heterocycles. The summed E-state index contributed by atoms with van der Waals surface area (Å²) in [5.41, 5.74) is 5.10. The Morgan fingerprint density at radius 1 is 1.05 bits per heavy atom. The first-order chi connectivity index (χ1) is 9.79. The van der Waals surface area contributed by atoms with Gasteiger partial charge in [0.2, 0.25) is 0 Å². The number of para-hydroxylation sites is 1. The number of hydrogen-bond acceptors (Lipinski definition) is 2. The molecule has 0 fully saturated rings. The Bertz CT molecular complexity index is 636. The summed E-state index contributed by atoms with van der Waals surface area (Å²) in [5, 5.41) is 0. The fraction of sp³-hybridized carbons (Fsp3) is 0.250. The molecule has 0 saturated heterocycles. The lowest BCUT2D eigenvalue weighted by Gasteiger charge is -2.15. The molecule has 112 valence electrons. The molecule has 2 nitrogen and oxygen atoms in total. The van der Waals surface area contributed by atoms with Crippen LogP contribution in [0.1, 0.15) is 30.9 Å². The molecule has 0 aliphatic carbocycles. The van der Waals surface area contributed by atoms with Crippen LogP contribution in [0, 0.1) is 0 Å². The van der Waals surface area contributed by atoms with E-state index in [1.54, 1.807) is 12.1 Å². The molecule has 2 aromatic rings. The number of halogens is 3. The highest BCUT2D eigenvalue weighted by Crippen LogP contribution is 2.37. The topological polar surface area (TPSA) is 35.2 Å². The van der Waals surface area contributed by atoms with Crippen molar-refractivity contribution < 1.29 is 17.9 Å². The third-order valence-electron chi connectivity index (χ3n) is 3.10. The van der Waals surface area contributed by atoms with Crippen molar-refractivity contribution >= 4 is 5.69 Å². The van der Waals surface area contributed by atoms with Gasteiger partial charge in [0.05, 0.1) is 5.56 Å². The zero-order chi connectivity index (χ0) is 15.6. The largest absolute Gasteiger partial charge is 0.457 e. The smallest absolute Gasteiger partial charge is 0.418 e. The third-order valence-corrected chi connectivity index (χ3v) is 3.10. The quantitative estimate of drug-likeness (QED) is 0.789. The van der Waals surface area contributed by atoms with Gasteiger partial charge in [0.25, 0.3) is 0 Å². The van der Waals surface area contributed by atoms with E-state index < -0.39 is 11.7 Å². The third kappa shape index (κ3) is 3.48. The molecule has 0 heterocycles. The minimum absolute atomic E-state index is 0.115. The van der Waals surface area contributed by atoms with Gasteiger partial charge >= 0.3 is 6.18 Å². The van der Waals surface area contributed by atoms with E-state index in [9.17, 15) is 13.2 Å². The van der Waals surface area contributed by atoms with E-state index in [1.807, 2.05) is 26.0 Å². The molecule has 2 rings (SSSR count). The van der Waals surface area contributed by atoms with Gasteiger partial charge in [0.1, 0.15) is 11.5 Å². The Kier molecular flexibility index (Phi) is 4.11. The lowest BCUT2D eigenvalue weighted by Crippen LogP contribution is -2.09. The van der Waals surface area contributed by atoms with Crippen LogP contribution >= 0.6 is 0 Å². The van der Waals surface area contributed by atoms with Crippen LogP contribution in [0.15, 0.2) is 42.5 Å². The van der Waals surface area contributed by atoms with Crippen LogP contribution < -0.4 is 10.5 Å². The molecule has 0 spiro atoms. The first kappa shape index (κ1) is 15.2. The van der Waals surface area contributed by atoms with Crippen LogP contribution in [0.4, 0.5) is 18.9 Å². The van der Waals surface area contributed by atoms with Crippen molar-refractivity contribution in [2.45, 2.75) is 25.9 Å². The van der Waals surface area contributed by atoms with Gasteiger partial charge in [0.15, 0.2) is 0 Å². The van der Waals surface area contributed by atoms with E-state index in [0.717, 1.165) is 11.6 Å². The summed E-state index contributed by atoms with van der Waals surface area (Å²) in [4.78, 5) is 0. The average Bonchev–Trinajstić information content (AvgIpc) is 2.40. The van der Waals surface area contributed by atoms with Crippen molar-refractivity contribution in [1.82, 2.24) is 0 Å². The number of alkyl halides is 3. The summed E-state index contributed by atoms with van der Waals surface area (Å²) in [5.74, 6) is 0.868. The molecule has 2 aromatic carbocycles. The van der Waals surface area contributed by atoms with Crippen molar-refractivity contribution in [3.05, 3.63) is 53.6 Å². The SMILES string of the molecule is CC(C)c1ccccc1Oc1ccc(N)c(C(F)(F)F)c1. The molecule has 0 bridgehead atoms. The number of ether oxygens (including phenoxy) is 1. The van der Waals surface area contributed by atoms with Crippen LogP contribution in [0.25, 0.3) is 0 Å². The average molecular weight is 295 g/mol. The molecule has 2 N–H and O–H groups in total. The molecule has 0 saturated carbocycles. The van der Waals surface area contributed by atoms with Gasteiger partial charge < -0.3 is 10.5 Å². The highest BCUT2D eigenvalue weighted by Gasteiger charge is 2.33. The maximum absolute atomic E-state index is 12.8. The standard InChI is InChI=1S/C16H16F3NO/c1-10(2)12-5-3-4-6-15(12)21-11-7-8-14(20)13(9-11)16(17,18)19/h3-10H,20H2,1-2H3. The second-order valence-corrected chi connectivity index (χ2v) is 5.04.